The first-order chi connectivity index (χ1) is 10.6. The van der Waals surface area contributed by atoms with Crippen molar-refractivity contribution in [2.24, 2.45) is 10.8 Å². The molecule has 130 valence electrons. The summed E-state index contributed by atoms with van der Waals surface area (Å²) in [6.07, 6.45) is 2.21. The van der Waals surface area contributed by atoms with Crippen LogP contribution in [0.4, 0.5) is 9.59 Å². The number of hydrazone groups is 1. The SMILES string of the molecule is C=CCOC(=O)N[C@@H](C=NNC(N)=O)CCC(=O)OC(C)(C)C. The number of carbonyl (C=O) groups is 3. The van der Waals surface area contributed by atoms with Crippen LogP contribution >= 0.6 is 0 Å². The van der Waals surface area contributed by atoms with Crippen LogP contribution < -0.4 is 16.5 Å². The second-order valence-corrected chi connectivity index (χ2v) is 5.52. The number of hydrogen-bond acceptors (Lipinski definition) is 6. The summed E-state index contributed by atoms with van der Waals surface area (Å²) in [6, 6.07) is -1.49. The summed E-state index contributed by atoms with van der Waals surface area (Å²) in [5.74, 6) is -0.417. The Labute approximate surface area is 135 Å². The minimum atomic E-state index is -0.846. The Balaban J connectivity index is 4.55. The van der Waals surface area contributed by atoms with E-state index in [4.69, 9.17) is 15.2 Å². The van der Waals surface area contributed by atoms with E-state index in [1.165, 1.54) is 12.3 Å². The molecule has 0 fully saturated rings. The van der Waals surface area contributed by atoms with Gasteiger partial charge in [-0.2, -0.15) is 5.10 Å². The molecule has 9 heteroatoms. The van der Waals surface area contributed by atoms with Crippen molar-refractivity contribution in [3.8, 4) is 0 Å². The summed E-state index contributed by atoms with van der Waals surface area (Å²) in [4.78, 5) is 33.8. The topological polar surface area (TPSA) is 132 Å². The normalized spacial score (nSPS) is 12.3. The Hall–Kier alpha value is -2.58. The lowest BCUT2D eigenvalue weighted by atomic mass is 10.1. The fourth-order valence-corrected chi connectivity index (χ4v) is 1.37. The number of esters is 1. The molecule has 0 saturated heterocycles. The van der Waals surface area contributed by atoms with Crippen LogP contribution in [-0.2, 0) is 14.3 Å². The van der Waals surface area contributed by atoms with E-state index in [0.717, 1.165) is 0 Å². The molecule has 9 nitrogen and oxygen atoms in total. The number of nitrogens with one attached hydrogen (secondary N) is 2. The van der Waals surface area contributed by atoms with Gasteiger partial charge in [0.1, 0.15) is 12.2 Å². The minimum Gasteiger partial charge on any atom is -0.460 e. The van der Waals surface area contributed by atoms with Gasteiger partial charge < -0.3 is 20.5 Å². The van der Waals surface area contributed by atoms with E-state index in [1.807, 2.05) is 5.43 Å². The molecule has 0 heterocycles. The number of ether oxygens (including phenoxy) is 2. The fraction of sp³-hybridized carbons (Fsp3) is 0.571. The van der Waals surface area contributed by atoms with Gasteiger partial charge in [-0.1, -0.05) is 12.7 Å². The summed E-state index contributed by atoms with van der Waals surface area (Å²) in [7, 11) is 0. The maximum absolute atomic E-state index is 11.7. The van der Waals surface area contributed by atoms with Gasteiger partial charge in [0, 0.05) is 12.6 Å². The van der Waals surface area contributed by atoms with E-state index >= 15 is 0 Å². The van der Waals surface area contributed by atoms with Crippen molar-refractivity contribution in [2.45, 2.75) is 45.3 Å². The van der Waals surface area contributed by atoms with Crippen LogP contribution in [0.25, 0.3) is 0 Å². The lowest BCUT2D eigenvalue weighted by Crippen LogP contribution is -2.38. The first-order valence-electron chi connectivity index (χ1n) is 6.98. The Morgan fingerprint density at radius 1 is 1.35 bits per heavy atom. The van der Waals surface area contributed by atoms with Crippen molar-refractivity contribution in [1.29, 1.82) is 0 Å². The highest BCUT2D eigenvalue weighted by Crippen LogP contribution is 2.09. The zero-order valence-corrected chi connectivity index (χ0v) is 13.6. The smallest absolute Gasteiger partial charge is 0.407 e. The Morgan fingerprint density at radius 3 is 2.52 bits per heavy atom. The predicted molar refractivity (Wildman–Crippen MR) is 84.8 cm³/mol. The molecule has 0 aromatic carbocycles. The van der Waals surface area contributed by atoms with Crippen LogP contribution in [0.1, 0.15) is 33.6 Å². The Kier molecular flexibility index (Phi) is 9.05. The van der Waals surface area contributed by atoms with Crippen LogP contribution in [0.3, 0.4) is 0 Å². The average molecular weight is 328 g/mol. The van der Waals surface area contributed by atoms with Gasteiger partial charge >= 0.3 is 18.1 Å². The molecule has 1 atom stereocenters. The number of nitrogens with zero attached hydrogens (tertiary/aromatic N) is 1. The molecule has 0 aromatic rings. The highest BCUT2D eigenvalue weighted by molar-refractivity contribution is 5.78. The standard InChI is InChI=1S/C14H24N4O5/c1-5-8-22-13(21)17-10(9-16-18-12(15)20)6-7-11(19)23-14(2,3)4/h5,9-10H,1,6-8H2,2-4H3,(H,17,21)(H3,15,18,20)/t10-/m1/s1. The van der Waals surface area contributed by atoms with Crippen molar-refractivity contribution < 1.29 is 23.9 Å². The molecule has 0 rings (SSSR count). The van der Waals surface area contributed by atoms with Gasteiger partial charge in [0.2, 0.25) is 0 Å². The van der Waals surface area contributed by atoms with E-state index in [0.29, 0.717) is 0 Å². The molecule has 23 heavy (non-hydrogen) atoms. The highest BCUT2D eigenvalue weighted by atomic mass is 16.6. The van der Waals surface area contributed by atoms with E-state index in [9.17, 15) is 14.4 Å². The summed E-state index contributed by atoms with van der Waals surface area (Å²) >= 11 is 0. The zero-order chi connectivity index (χ0) is 17.9. The first kappa shape index (κ1) is 20.4. The molecule has 0 aliphatic heterocycles. The van der Waals surface area contributed by atoms with E-state index < -0.39 is 29.7 Å². The lowest BCUT2D eigenvalue weighted by molar-refractivity contribution is -0.154. The van der Waals surface area contributed by atoms with E-state index in [2.05, 4.69) is 17.0 Å². The molecule has 0 aromatic heterocycles. The number of nitrogens with two attached hydrogens (primary N) is 1. The number of amides is 3. The average Bonchev–Trinajstić information content (AvgIpc) is 2.40. The summed E-state index contributed by atoms with van der Waals surface area (Å²) in [5.41, 5.74) is 6.29. The van der Waals surface area contributed by atoms with Gasteiger partial charge in [0.15, 0.2) is 0 Å². The number of rotatable bonds is 8. The van der Waals surface area contributed by atoms with Crippen LogP contribution in [0.15, 0.2) is 17.8 Å². The number of primary amides is 1. The second kappa shape index (κ2) is 10.2. The third-order valence-corrected chi connectivity index (χ3v) is 2.14. The number of urea groups is 1. The van der Waals surface area contributed by atoms with Gasteiger partial charge in [-0.15, -0.1) is 0 Å². The predicted octanol–water partition coefficient (Wildman–Crippen LogP) is 1.04. The molecule has 0 aliphatic carbocycles. The third-order valence-electron chi connectivity index (χ3n) is 2.14. The molecule has 3 amide bonds. The van der Waals surface area contributed by atoms with Gasteiger partial charge in [0.05, 0.1) is 6.04 Å². The van der Waals surface area contributed by atoms with Crippen LogP contribution in [-0.4, -0.2) is 42.6 Å². The molecule has 0 radical (unpaired) electrons. The summed E-state index contributed by atoms with van der Waals surface area (Å²) < 4.78 is 9.95. The van der Waals surface area contributed by atoms with Gasteiger partial charge in [-0.3, -0.25) is 4.79 Å². The lowest BCUT2D eigenvalue weighted by Gasteiger charge is -2.20. The molecule has 0 aliphatic rings. The summed E-state index contributed by atoms with van der Waals surface area (Å²) in [5, 5.41) is 6.05. The van der Waals surface area contributed by atoms with Crippen molar-refractivity contribution in [3.63, 3.8) is 0 Å². The summed E-state index contributed by atoms with van der Waals surface area (Å²) in [6.45, 7) is 8.73. The van der Waals surface area contributed by atoms with Gasteiger partial charge in [0.25, 0.3) is 0 Å². The molecule has 4 N–H and O–H groups in total. The van der Waals surface area contributed by atoms with Gasteiger partial charge in [-0.25, -0.2) is 15.0 Å². The number of alkyl carbamates (subject to hydrolysis) is 1. The van der Waals surface area contributed by atoms with Crippen molar-refractivity contribution in [2.75, 3.05) is 6.61 Å². The molecular formula is C14H24N4O5. The second-order valence-electron chi connectivity index (χ2n) is 5.52. The Morgan fingerprint density at radius 2 is 2.00 bits per heavy atom. The zero-order valence-electron chi connectivity index (χ0n) is 13.6. The fourth-order valence-electron chi connectivity index (χ4n) is 1.37. The van der Waals surface area contributed by atoms with Gasteiger partial charge in [-0.05, 0) is 27.2 Å². The van der Waals surface area contributed by atoms with Crippen LogP contribution in [0, 0.1) is 0 Å². The quantitative estimate of drug-likeness (QED) is 0.265. The highest BCUT2D eigenvalue weighted by Gasteiger charge is 2.18. The van der Waals surface area contributed by atoms with Crippen molar-refractivity contribution in [1.82, 2.24) is 10.7 Å². The minimum absolute atomic E-state index is 0.0430. The molecule has 0 unspecified atom stereocenters. The van der Waals surface area contributed by atoms with Crippen LogP contribution in [0.2, 0.25) is 0 Å². The largest absolute Gasteiger partial charge is 0.460 e. The van der Waals surface area contributed by atoms with E-state index in [-0.39, 0.29) is 19.4 Å². The maximum atomic E-state index is 11.7. The first-order valence-corrected chi connectivity index (χ1v) is 6.98. The van der Waals surface area contributed by atoms with Crippen molar-refractivity contribution in [3.05, 3.63) is 12.7 Å². The Bertz CT molecular complexity index is 457. The molecule has 0 spiro atoms. The number of hydrogen-bond donors (Lipinski definition) is 3. The van der Waals surface area contributed by atoms with Crippen molar-refractivity contribution >= 4 is 24.3 Å². The van der Waals surface area contributed by atoms with E-state index in [1.54, 1.807) is 20.8 Å². The van der Waals surface area contributed by atoms with Crippen LogP contribution in [0.5, 0.6) is 0 Å². The monoisotopic (exact) mass is 328 g/mol. The third kappa shape index (κ3) is 12.8. The molecule has 0 saturated carbocycles. The molecular weight excluding hydrogens is 304 g/mol. The number of carbonyl (C=O) groups excluding carboxylic acids is 3. The molecule has 0 bridgehead atoms. The maximum Gasteiger partial charge on any atom is 0.407 e.